The molecule has 210 valence electrons. The topological polar surface area (TPSA) is 84.9 Å². The van der Waals surface area contributed by atoms with Gasteiger partial charge in [-0.15, -0.1) is 0 Å². The van der Waals surface area contributed by atoms with Crippen LogP contribution in [0.25, 0.3) is 0 Å². The molecule has 0 radical (unpaired) electrons. The normalized spacial score (nSPS) is 14.7. The minimum absolute atomic E-state index is 0.0599. The van der Waals surface area contributed by atoms with Gasteiger partial charge in [-0.1, -0.05) is 102 Å². The number of hydrogen-bond acceptors (Lipinski definition) is 7. The summed E-state index contributed by atoms with van der Waals surface area (Å²) in [7, 11) is 1.47. The Morgan fingerprint density at radius 3 is 1.74 bits per heavy atom. The van der Waals surface area contributed by atoms with Gasteiger partial charge < -0.3 is 23.2 Å². The average Bonchev–Trinajstić information content (AvgIpc) is 2.75. The fourth-order valence-electron chi connectivity index (χ4n) is 3.60. The summed E-state index contributed by atoms with van der Waals surface area (Å²) >= 11 is 1.05. The Labute approximate surface area is 220 Å². The zero-order chi connectivity index (χ0) is 26.4. The second-order valence-electron chi connectivity index (χ2n) is 10.5. The minimum atomic E-state index is -4.39. The number of quaternary nitrogens is 1. The van der Waals surface area contributed by atoms with E-state index in [9.17, 15) is 14.3 Å². The maximum atomic E-state index is 12.0. The summed E-state index contributed by atoms with van der Waals surface area (Å²) in [5.74, 6) is 0. The molecule has 0 rings (SSSR count). The van der Waals surface area contributed by atoms with Gasteiger partial charge >= 0.3 is 0 Å². The molecule has 35 heavy (non-hydrogen) atoms. The highest BCUT2D eigenvalue weighted by atomic mass is 32.2. The number of likely N-dealkylation sites (N-methyl/N-ethyl adjacent to an activating group) is 1. The number of nitrogens with zero attached hydrogens (tertiary/aromatic N) is 1. The van der Waals surface area contributed by atoms with Crippen molar-refractivity contribution in [1.82, 2.24) is 0 Å². The van der Waals surface area contributed by atoms with E-state index in [1.165, 1.54) is 84.0 Å². The van der Waals surface area contributed by atoms with Crippen LogP contribution >= 0.6 is 19.6 Å². The second-order valence-corrected chi connectivity index (χ2v) is 13.4. The van der Waals surface area contributed by atoms with Crippen LogP contribution in [0.3, 0.4) is 0 Å². The van der Waals surface area contributed by atoms with Crippen LogP contribution in [0.1, 0.15) is 104 Å². The number of unbranched alkanes of at least 4 members (excludes halogenated alkanes) is 13. The Bertz CT molecular complexity index is 558. The molecule has 2 atom stereocenters. The first-order valence-corrected chi connectivity index (χ1v) is 16.1. The van der Waals surface area contributed by atoms with Gasteiger partial charge in [0.2, 0.25) is 0 Å². The SMILES string of the molecule is CCCCCCCCCCCCCCCCOC[C@H](COP(=O)([O-])OCC[N+](C)(C)C)SC(C)=O. The number of ether oxygens (including phenoxy) is 1. The molecule has 0 aliphatic rings. The summed E-state index contributed by atoms with van der Waals surface area (Å²) in [4.78, 5) is 23.5. The zero-order valence-electron chi connectivity index (χ0n) is 23.3. The van der Waals surface area contributed by atoms with E-state index in [1.54, 1.807) is 0 Å². The van der Waals surface area contributed by atoms with Crippen molar-refractivity contribution in [1.29, 1.82) is 0 Å². The van der Waals surface area contributed by atoms with Crippen molar-refractivity contribution in [2.75, 3.05) is 54.1 Å². The van der Waals surface area contributed by atoms with E-state index in [-0.39, 0.29) is 30.2 Å². The predicted octanol–water partition coefficient (Wildman–Crippen LogP) is 6.34. The molecular formula is C26H54NO6PS. The van der Waals surface area contributed by atoms with E-state index < -0.39 is 7.82 Å². The molecule has 1 unspecified atom stereocenters. The molecule has 0 bridgehead atoms. The molecular weight excluding hydrogens is 485 g/mol. The van der Waals surface area contributed by atoms with E-state index in [4.69, 9.17) is 13.8 Å². The lowest BCUT2D eigenvalue weighted by molar-refractivity contribution is -0.870. The summed E-state index contributed by atoms with van der Waals surface area (Å²) in [6.45, 7) is 5.09. The molecule has 9 heteroatoms. The quantitative estimate of drug-likeness (QED) is 0.0760. The average molecular weight is 540 g/mol. The van der Waals surface area contributed by atoms with Crippen molar-refractivity contribution in [3.8, 4) is 0 Å². The molecule has 0 spiro atoms. The third-order valence-corrected chi connectivity index (χ3v) is 7.61. The van der Waals surface area contributed by atoms with Crippen LogP contribution < -0.4 is 4.89 Å². The van der Waals surface area contributed by atoms with Gasteiger partial charge in [-0.25, -0.2) is 0 Å². The molecule has 0 aromatic rings. The van der Waals surface area contributed by atoms with E-state index in [1.807, 2.05) is 21.1 Å². The third-order valence-electron chi connectivity index (χ3n) is 5.71. The number of carbonyl (C=O) groups is 1. The largest absolute Gasteiger partial charge is 0.756 e. The first kappa shape index (κ1) is 35.0. The van der Waals surface area contributed by atoms with E-state index in [2.05, 4.69) is 6.92 Å². The fraction of sp³-hybridized carbons (Fsp3) is 0.962. The Hall–Kier alpha value is 0.0500. The van der Waals surface area contributed by atoms with Gasteiger partial charge in [0.25, 0.3) is 7.82 Å². The highest BCUT2D eigenvalue weighted by molar-refractivity contribution is 8.14. The van der Waals surface area contributed by atoms with Gasteiger partial charge in [-0.05, 0) is 6.42 Å². The van der Waals surface area contributed by atoms with Crippen molar-refractivity contribution < 1.29 is 32.5 Å². The number of carbonyl (C=O) groups excluding carboxylic acids is 1. The molecule has 7 nitrogen and oxygen atoms in total. The molecule has 0 amide bonds. The highest BCUT2D eigenvalue weighted by Gasteiger charge is 2.19. The molecule has 0 fully saturated rings. The van der Waals surface area contributed by atoms with E-state index >= 15 is 0 Å². The Kier molecular flexibility index (Phi) is 22.1. The molecule has 0 N–H and O–H groups in total. The van der Waals surface area contributed by atoms with Crippen molar-refractivity contribution in [2.24, 2.45) is 0 Å². The second kappa shape index (κ2) is 22.1. The van der Waals surface area contributed by atoms with Crippen molar-refractivity contribution in [2.45, 2.75) is 109 Å². The van der Waals surface area contributed by atoms with E-state index in [0.29, 0.717) is 17.6 Å². The summed E-state index contributed by atoms with van der Waals surface area (Å²) in [5, 5.41) is -0.464. The lowest BCUT2D eigenvalue weighted by atomic mass is 10.0. The smallest absolute Gasteiger partial charge is 0.268 e. The Morgan fingerprint density at radius 1 is 0.800 bits per heavy atom. The van der Waals surface area contributed by atoms with Crippen LogP contribution in [0.2, 0.25) is 0 Å². The van der Waals surface area contributed by atoms with Gasteiger partial charge in [-0.2, -0.15) is 0 Å². The van der Waals surface area contributed by atoms with Gasteiger partial charge in [0.05, 0.1) is 39.6 Å². The molecule has 0 heterocycles. The minimum Gasteiger partial charge on any atom is -0.756 e. The first-order chi connectivity index (χ1) is 16.6. The summed E-state index contributed by atoms with van der Waals surface area (Å²) < 4.78 is 28.2. The van der Waals surface area contributed by atoms with Crippen LogP contribution in [0.15, 0.2) is 0 Å². The number of phosphoric acid groups is 1. The van der Waals surface area contributed by atoms with Gasteiger partial charge in [0.15, 0.2) is 5.12 Å². The standard InChI is InChI=1S/C26H54NO6PS/c1-6-7-8-9-10-11-12-13-14-15-16-17-18-19-21-31-23-26(35-25(2)28)24-33-34(29,30)32-22-20-27(3,4)5/h26H,6-24H2,1-5H3/t26-/m1/s1. The lowest BCUT2D eigenvalue weighted by Crippen LogP contribution is -2.37. The monoisotopic (exact) mass is 539 g/mol. The van der Waals surface area contributed by atoms with Gasteiger partial charge in [0, 0.05) is 13.5 Å². The predicted molar refractivity (Wildman–Crippen MR) is 146 cm³/mol. The summed E-state index contributed by atoms with van der Waals surface area (Å²) in [6.07, 6.45) is 18.3. The molecule has 0 aliphatic carbocycles. The number of rotatable bonds is 25. The Balaban J connectivity index is 3.77. The van der Waals surface area contributed by atoms with Crippen LogP contribution in [-0.2, 0) is 23.1 Å². The maximum absolute atomic E-state index is 12.0. The number of phosphoric ester groups is 1. The van der Waals surface area contributed by atoms with Crippen molar-refractivity contribution >= 4 is 24.7 Å². The number of thioether (sulfide) groups is 1. The lowest BCUT2D eigenvalue weighted by Gasteiger charge is -2.28. The third kappa shape index (κ3) is 26.9. The summed E-state index contributed by atoms with van der Waals surface area (Å²) in [6, 6.07) is 0. The van der Waals surface area contributed by atoms with E-state index in [0.717, 1.165) is 24.6 Å². The summed E-state index contributed by atoms with van der Waals surface area (Å²) in [5.41, 5.74) is 0. The van der Waals surface area contributed by atoms with Crippen LogP contribution in [-0.4, -0.2) is 69.0 Å². The van der Waals surface area contributed by atoms with Crippen LogP contribution in [0.5, 0.6) is 0 Å². The van der Waals surface area contributed by atoms with Crippen LogP contribution in [0.4, 0.5) is 0 Å². The van der Waals surface area contributed by atoms with Gasteiger partial charge in [0.1, 0.15) is 13.2 Å². The molecule has 0 saturated heterocycles. The Morgan fingerprint density at radius 2 is 1.29 bits per heavy atom. The maximum Gasteiger partial charge on any atom is 0.268 e. The molecule has 0 aliphatic heterocycles. The molecule has 0 aromatic carbocycles. The fourth-order valence-corrected chi connectivity index (χ4v) is 5.22. The molecule has 0 saturated carbocycles. The number of hydrogen-bond donors (Lipinski definition) is 0. The van der Waals surface area contributed by atoms with Crippen LogP contribution in [0, 0.1) is 0 Å². The zero-order valence-corrected chi connectivity index (χ0v) is 25.0. The van der Waals surface area contributed by atoms with Crippen molar-refractivity contribution in [3.63, 3.8) is 0 Å². The molecule has 0 aromatic heterocycles. The first-order valence-electron chi connectivity index (χ1n) is 13.7. The van der Waals surface area contributed by atoms with Crippen molar-refractivity contribution in [3.05, 3.63) is 0 Å². The highest BCUT2D eigenvalue weighted by Crippen LogP contribution is 2.39. The van der Waals surface area contributed by atoms with Gasteiger partial charge in [-0.3, -0.25) is 9.36 Å².